The number of carbonyl (C=O) groups excluding carboxylic acids is 1. The molecule has 218 valence electrons. The number of nitrogens with one attached hydrogen (secondary N) is 1. The number of carboxylic acid groups (broad SMARTS) is 1. The van der Waals surface area contributed by atoms with Gasteiger partial charge in [0.05, 0.1) is 11.4 Å². The molecule has 2 atom stereocenters. The van der Waals surface area contributed by atoms with E-state index in [2.05, 4.69) is 20.4 Å². The zero-order valence-electron chi connectivity index (χ0n) is 21.5. The molecule has 2 heterocycles. The Balaban J connectivity index is 1.47. The number of rotatable bonds is 7. The topological polar surface area (TPSA) is 145 Å². The summed E-state index contributed by atoms with van der Waals surface area (Å²) in [4.78, 5) is 31.1. The van der Waals surface area contributed by atoms with Crippen LogP contribution in [0.4, 0.5) is 27.8 Å². The smallest absolute Gasteiger partial charge is 0.328 e. The average molecular weight is 588 g/mol. The third-order valence-corrected chi connectivity index (χ3v) is 6.72. The fourth-order valence-electron chi connectivity index (χ4n) is 4.86. The van der Waals surface area contributed by atoms with Gasteiger partial charge in [0.2, 0.25) is 23.3 Å². The Hall–Kier alpha value is -5.08. The molecule has 1 saturated carbocycles. The van der Waals surface area contributed by atoms with Crippen molar-refractivity contribution in [3.63, 3.8) is 0 Å². The first-order valence-corrected chi connectivity index (χ1v) is 12.5. The van der Waals surface area contributed by atoms with Crippen LogP contribution in [0.5, 0.6) is 11.5 Å². The number of hydrogen-bond acceptors (Lipinski definition) is 7. The predicted octanol–water partition coefficient (Wildman–Crippen LogP) is 4.80. The molecule has 2 aromatic carbocycles. The Morgan fingerprint density at radius 1 is 1.02 bits per heavy atom. The molecule has 42 heavy (non-hydrogen) atoms. The molecule has 4 aromatic rings. The number of anilines is 1. The third kappa shape index (κ3) is 5.57. The molecule has 1 aliphatic carbocycles. The maximum atomic E-state index is 15.4. The molecule has 0 radical (unpaired) electrons. The van der Waals surface area contributed by atoms with Crippen LogP contribution in [-0.4, -0.2) is 42.8 Å². The number of nitrogens with zero attached hydrogens (tertiary/aromatic N) is 4. The molecular formula is C27H21F5N6O4. The minimum atomic E-state index is -1.78. The van der Waals surface area contributed by atoms with E-state index in [9.17, 15) is 27.2 Å². The zero-order chi connectivity index (χ0) is 30.1. The Bertz CT molecular complexity index is 1720. The summed E-state index contributed by atoms with van der Waals surface area (Å²) in [7, 11) is 0. The summed E-state index contributed by atoms with van der Waals surface area (Å²) in [6.45, 7) is 0. The van der Waals surface area contributed by atoms with Crippen LogP contribution in [0.1, 0.15) is 31.7 Å². The number of carboxylic acids is 1. The molecule has 10 nitrogen and oxygen atoms in total. The van der Waals surface area contributed by atoms with Gasteiger partial charge < -0.3 is 20.9 Å². The first-order valence-electron chi connectivity index (χ1n) is 12.5. The maximum absolute atomic E-state index is 15.4. The summed E-state index contributed by atoms with van der Waals surface area (Å²) in [5.41, 5.74) is 6.36. The second-order valence-electron chi connectivity index (χ2n) is 9.49. The summed E-state index contributed by atoms with van der Waals surface area (Å²) in [6, 6.07) is 2.48. The molecule has 1 fully saturated rings. The summed E-state index contributed by atoms with van der Waals surface area (Å²) in [5.74, 6) is -11.5. The van der Waals surface area contributed by atoms with Gasteiger partial charge >= 0.3 is 5.97 Å². The molecule has 1 amide bonds. The van der Waals surface area contributed by atoms with Crippen LogP contribution in [0.2, 0.25) is 0 Å². The van der Waals surface area contributed by atoms with Gasteiger partial charge in [-0.25, -0.2) is 32.6 Å². The highest BCUT2D eigenvalue weighted by atomic mass is 19.2. The number of aliphatic carboxylic acids is 1. The van der Waals surface area contributed by atoms with E-state index >= 15 is 4.39 Å². The highest BCUT2D eigenvalue weighted by Gasteiger charge is 2.29. The van der Waals surface area contributed by atoms with E-state index in [1.54, 1.807) is 4.68 Å². The number of carbonyl (C=O) groups is 2. The van der Waals surface area contributed by atoms with E-state index in [1.165, 1.54) is 12.4 Å². The van der Waals surface area contributed by atoms with Crippen LogP contribution in [-0.2, 0) is 9.59 Å². The fourth-order valence-corrected chi connectivity index (χ4v) is 4.86. The Morgan fingerprint density at radius 3 is 2.45 bits per heavy atom. The summed E-state index contributed by atoms with van der Waals surface area (Å²) < 4.78 is 77.1. The van der Waals surface area contributed by atoms with Crippen LogP contribution in [0.3, 0.4) is 0 Å². The molecule has 5 rings (SSSR count). The predicted molar refractivity (Wildman–Crippen MR) is 138 cm³/mol. The largest absolute Gasteiger partial charge is 0.478 e. The van der Waals surface area contributed by atoms with Gasteiger partial charge in [0, 0.05) is 35.9 Å². The van der Waals surface area contributed by atoms with E-state index in [0.29, 0.717) is 31.3 Å². The SMILES string of the molecule is Nc1ncnc2c1c(-c1ccc(Oc3c(F)c(F)cc(F)c3F)cc1F)nn2C1CCCC(NC(=O)C=CC(=O)O)C1. The van der Waals surface area contributed by atoms with Crippen molar-refractivity contribution in [1.82, 2.24) is 25.1 Å². The van der Waals surface area contributed by atoms with E-state index < -0.39 is 52.5 Å². The first-order chi connectivity index (χ1) is 20.0. The second kappa shape index (κ2) is 11.4. The lowest BCUT2D eigenvalue weighted by Crippen LogP contribution is -2.38. The number of aromatic nitrogens is 4. The molecule has 2 unspecified atom stereocenters. The molecule has 4 N–H and O–H groups in total. The molecular weight excluding hydrogens is 567 g/mol. The quantitative estimate of drug-likeness (QED) is 0.159. The number of hydrogen-bond donors (Lipinski definition) is 3. The second-order valence-corrected chi connectivity index (χ2v) is 9.49. The Morgan fingerprint density at radius 2 is 1.76 bits per heavy atom. The van der Waals surface area contributed by atoms with Crippen LogP contribution in [0.25, 0.3) is 22.3 Å². The van der Waals surface area contributed by atoms with Crippen LogP contribution in [0.15, 0.2) is 42.7 Å². The Kier molecular flexibility index (Phi) is 7.74. The average Bonchev–Trinajstić information content (AvgIpc) is 3.34. The Labute approximate surface area is 233 Å². The van der Waals surface area contributed by atoms with Gasteiger partial charge in [-0.2, -0.15) is 13.9 Å². The third-order valence-electron chi connectivity index (χ3n) is 6.72. The van der Waals surface area contributed by atoms with Gasteiger partial charge in [-0.05, 0) is 37.8 Å². The molecule has 0 spiro atoms. The minimum absolute atomic E-state index is 0.000162. The van der Waals surface area contributed by atoms with E-state index in [1.807, 2.05) is 0 Å². The molecule has 0 aliphatic heterocycles. The fraction of sp³-hybridized carbons (Fsp3) is 0.222. The van der Waals surface area contributed by atoms with Crippen LogP contribution < -0.4 is 15.8 Å². The molecule has 0 saturated heterocycles. The number of nitrogens with two attached hydrogens (primary N) is 1. The zero-order valence-corrected chi connectivity index (χ0v) is 21.5. The molecule has 15 heteroatoms. The normalized spacial score (nSPS) is 17.1. The lowest BCUT2D eigenvalue weighted by atomic mass is 9.91. The highest BCUT2D eigenvalue weighted by Crippen LogP contribution is 2.38. The van der Waals surface area contributed by atoms with Crippen LogP contribution >= 0.6 is 0 Å². The summed E-state index contributed by atoms with van der Waals surface area (Å²) in [5, 5.41) is 16.3. The van der Waals surface area contributed by atoms with E-state index in [-0.39, 0.29) is 40.6 Å². The summed E-state index contributed by atoms with van der Waals surface area (Å²) in [6.07, 6.45) is 5.23. The van der Waals surface area contributed by atoms with Gasteiger partial charge in [-0.3, -0.25) is 4.79 Å². The number of amides is 1. The van der Waals surface area contributed by atoms with Crippen molar-refractivity contribution in [3.05, 3.63) is 71.8 Å². The van der Waals surface area contributed by atoms with Crippen molar-refractivity contribution in [2.24, 2.45) is 0 Å². The van der Waals surface area contributed by atoms with Gasteiger partial charge in [0.25, 0.3) is 0 Å². The minimum Gasteiger partial charge on any atom is -0.478 e. The number of nitrogen functional groups attached to an aromatic ring is 1. The van der Waals surface area contributed by atoms with Crippen molar-refractivity contribution in [1.29, 1.82) is 0 Å². The van der Waals surface area contributed by atoms with E-state index in [0.717, 1.165) is 24.3 Å². The molecule has 1 aliphatic rings. The van der Waals surface area contributed by atoms with Gasteiger partial charge in [0.1, 0.15) is 29.4 Å². The van der Waals surface area contributed by atoms with Crippen molar-refractivity contribution >= 4 is 28.7 Å². The number of ether oxygens (including phenoxy) is 1. The maximum Gasteiger partial charge on any atom is 0.328 e. The summed E-state index contributed by atoms with van der Waals surface area (Å²) >= 11 is 0. The van der Waals surface area contributed by atoms with Crippen molar-refractivity contribution in [2.75, 3.05) is 5.73 Å². The number of fused-ring (bicyclic) bond motifs is 1. The van der Waals surface area contributed by atoms with Crippen molar-refractivity contribution in [2.45, 2.75) is 37.8 Å². The number of halogens is 5. The first kappa shape index (κ1) is 28.4. The standard InChI is InChI=1S/C27H21F5N6O4/c28-16-9-14(42-25-22(31)17(29)10-18(30)23(25)32)4-5-15(16)24-21-26(33)34-11-35-27(21)38(37-24)13-3-1-2-12(8-13)36-19(39)6-7-20(40)41/h4-7,9-13H,1-3,8H2,(H,36,39)(H,40,41)(H2,33,34,35). The lowest BCUT2D eigenvalue weighted by molar-refractivity contribution is -0.131. The lowest BCUT2D eigenvalue weighted by Gasteiger charge is -2.29. The van der Waals surface area contributed by atoms with Crippen molar-refractivity contribution in [3.8, 4) is 22.8 Å². The van der Waals surface area contributed by atoms with Crippen LogP contribution in [0, 0.1) is 29.1 Å². The van der Waals surface area contributed by atoms with Gasteiger partial charge in [0.15, 0.2) is 17.3 Å². The molecule has 0 bridgehead atoms. The number of benzene rings is 2. The van der Waals surface area contributed by atoms with Gasteiger partial charge in [-0.15, -0.1) is 0 Å². The van der Waals surface area contributed by atoms with E-state index in [4.69, 9.17) is 15.6 Å². The highest BCUT2D eigenvalue weighted by molar-refractivity contribution is 5.98. The van der Waals surface area contributed by atoms with Crippen molar-refractivity contribution < 1.29 is 41.4 Å². The van der Waals surface area contributed by atoms with Gasteiger partial charge in [-0.1, -0.05) is 0 Å². The molecule has 2 aromatic heterocycles. The monoisotopic (exact) mass is 588 g/mol.